The molecule has 7 heteroatoms. The minimum absolute atomic E-state index is 0.0140. The van der Waals surface area contributed by atoms with E-state index in [9.17, 15) is 10.1 Å². The number of methoxy groups -OCH3 is 2. The highest BCUT2D eigenvalue weighted by Crippen LogP contribution is 2.50. The molecular formula is C26H28N4O3. The van der Waals surface area contributed by atoms with Gasteiger partial charge in [0.2, 0.25) is 0 Å². The molecule has 33 heavy (non-hydrogen) atoms. The first-order valence-corrected chi connectivity index (χ1v) is 10.8. The van der Waals surface area contributed by atoms with Crippen LogP contribution in [-0.4, -0.2) is 44.1 Å². The maximum atomic E-state index is 13.7. The van der Waals surface area contributed by atoms with Gasteiger partial charge in [-0.05, 0) is 24.0 Å². The lowest BCUT2D eigenvalue weighted by Gasteiger charge is -2.44. The third-order valence-electron chi connectivity index (χ3n) is 6.36. The van der Waals surface area contributed by atoms with Gasteiger partial charge in [0.05, 0.1) is 31.8 Å². The highest BCUT2D eigenvalue weighted by atomic mass is 16.5. The fraction of sp³-hybridized carbons (Fsp3) is 0.308. The molecule has 2 aromatic rings. The van der Waals surface area contributed by atoms with Crippen molar-refractivity contribution in [1.82, 2.24) is 10.0 Å². The fourth-order valence-electron chi connectivity index (χ4n) is 4.90. The zero-order chi connectivity index (χ0) is 23.7. The number of carbonyl (C=O) groups excluding carboxylic acids is 1. The van der Waals surface area contributed by atoms with Crippen LogP contribution in [0.5, 0.6) is 11.5 Å². The summed E-state index contributed by atoms with van der Waals surface area (Å²) >= 11 is 0. The molecule has 1 heterocycles. The molecule has 170 valence electrons. The molecular weight excluding hydrogens is 416 g/mol. The molecule has 4 rings (SSSR count). The Morgan fingerprint density at radius 2 is 1.82 bits per heavy atom. The van der Waals surface area contributed by atoms with E-state index in [1.165, 1.54) is 0 Å². The first kappa shape index (κ1) is 22.4. The van der Waals surface area contributed by atoms with E-state index < -0.39 is 5.92 Å². The average Bonchev–Trinajstić information content (AvgIpc) is 2.83. The highest BCUT2D eigenvalue weighted by molar-refractivity contribution is 6.00. The Morgan fingerprint density at radius 1 is 1.09 bits per heavy atom. The van der Waals surface area contributed by atoms with Gasteiger partial charge in [-0.2, -0.15) is 5.26 Å². The SMILES string of the molecule is COc1ccc([C@H]2C(C#N)=C(N)N(N(C)C)C3=C2C(=O)C[C@@H](c2ccccc2)C3)c(OC)c1. The second-order valence-electron chi connectivity index (χ2n) is 8.41. The summed E-state index contributed by atoms with van der Waals surface area (Å²) in [5.41, 5.74) is 10.2. The van der Waals surface area contributed by atoms with Crippen molar-refractivity contribution in [1.29, 1.82) is 5.26 Å². The smallest absolute Gasteiger partial charge is 0.162 e. The van der Waals surface area contributed by atoms with Crippen LogP contribution >= 0.6 is 0 Å². The molecule has 0 bridgehead atoms. The summed E-state index contributed by atoms with van der Waals surface area (Å²) < 4.78 is 11.0. The predicted molar refractivity (Wildman–Crippen MR) is 125 cm³/mol. The van der Waals surface area contributed by atoms with E-state index in [1.54, 1.807) is 25.3 Å². The molecule has 7 nitrogen and oxygen atoms in total. The van der Waals surface area contributed by atoms with Crippen LogP contribution in [0.3, 0.4) is 0 Å². The monoisotopic (exact) mass is 444 g/mol. The lowest BCUT2D eigenvalue weighted by atomic mass is 9.72. The number of ether oxygens (including phenoxy) is 2. The number of ketones is 1. The Hall–Kier alpha value is -3.76. The van der Waals surface area contributed by atoms with Gasteiger partial charge in [-0.15, -0.1) is 0 Å². The number of hydrazine groups is 1. The number of carbonyl (C=O) groups is 1. The van der Waals surface area contributed by atoms with Crippen molar-refractivity contribution in [3.63, 3.8) is 0 Å². The summed E-state index contributed by atoms with van der Waals surface area (Å²) in [6.45, 7) is 0. The largest absolute Gasteiger partial charge is 0.497 e. The van der Waals surface area contributed by atoms with Crippen molar-refractivity contribution in [3.8, 4) is 17.6 Å². The summed E-state index contributed by atoms with van der Waals surface area (Å²) in [6.07, 6.45) is 1.01. The first-order chi connectivity index (χ1) is 15.9. The number of nitrogens with zero attached hydrogens (tertiary/aromatic N) is 3. The minimum atomic E-state index is -0.605. The number of Topliss-reactive ketones (excluding diaryl/α,β-unsaturated/α-hetero) is 1. The second kappa shape index (κ2) is 9.00. The Labute approximate surface area is 194 Å². The van der Waals surface area contributed by atoms with E-state index in [4.69, 9.17) is 15.2 Å². The van der Waals surface area contributed by atoms with E-state index in [-0.39, 0.29) is 11.7 Å². The Morgan fingerprint density at radius 3 is 2.42 bits per heavy atom. The summed E-state index contributed by atoms with van der Waals surface area (Å²) in [4.78, 5) is 13.7. The quantitative estimate of drug-likeness (QED) is 0.752. The summed E-state index contributed by atoms with van der Waals surface area (Å²) in [5.74, 6) is 0.944. The maximum Gasteiger partial charge on any atom is 0.162 e. The van der Waals surface area contributed by atoms with Crippen molar-refractivity contribution >= 4 is 5.78 Å². The molecule has 0 unspecified atom stereocenters. The number of allylic oxidation sites excluding steroid dienone is 3. The van der Waals surface area contributed by atoms with Gasteiger partial charge in [0.25, 0.3) is 0 Å². The molecule has 0 amide bonds. The molecule has 0 spiro atoms. The lowest BCUT2D eigenvalue weighted by Crippen LogP contribution is -2.46. The molecule has 0 saturated heterocycles. The highest BCUT2D eigenvalue weighted by Gasteiger charge is 2.44. The molecule has 2 atom stereocenters. The van der Waals surface area contributed by atoms with Crippen LogP contribution < -0.4 is 15.2 Å². The van der Waals surface area contributed by atoms with Crippen molar-refractivity contribution in [2.75, 3.05) is 28.3 Å². The minimum Gasteiger partial charge on any atom is -0.497 e. The van der Waals surface area contributed by atoms with Gasteiger partial charge in [-0.25, -0.2) is 5.01 Å². The van der Waals surface area contributed by atoms with Gasteiger partial charge < -0.3 is 15.2 Å². The number of benzene rings is 2. The van der Waals surface area contributed by atoms with E-state index in [1.807, 2.05) is 49.4 Å². The van der Waals surface area contributed by atoms with Crippen LogP contribution in [0.4, 0.5) is 0 Å². The first-order valence-electron chi connectivity index (χ1n) is 10.8. The number of hydrogen-bond acceptors (Lipinski definition) is 7. The normalized spacial score (nSPS) is 20.6. The molecule has 2 aliphatic rings. The second-order valence-corrected chi connectivity index (χ2v) is 8.41. The van der Waals surface area contributed by atoms with Crippen molar-refractivity contribution < 1.29 is 14.3 Å². The van der Waals surface area contributed by atoms with E-state index in [2.05, 4.69) is 18.2 Å². The van der Waals surface area contributed by atoms with Crippen molar-refractivity contribution in [2.24, 2.45) is 5.73 Å². The average molecular weight is 445 g/mol. The van der Waals surface area contributed by atoms with Crippen LogP contribution in [0.25, 0.3) is 0 Å². The van der Waals surface area contributed by atoms with Crippen LogP contribution in [0.15, 0.2) is 71.2 Å². The molecule has 0 fully saturated rings. The molecule has 0 radical (unpaired) electrons. The van der Waals surface area contributed by atoms with Crippen molar-refractivity contribution in [2.45, 2.75) is 24.7 Å². The number of rotatable bonds is 5. The Bertz CT molecular complexity index is 1180. The lowest BCUT2D eigenvalue weighted by molar-refractivity contribution is -0.117. The van der Waals surface area contributed by atoms with Gasteiger partial charge in [0.15, 0.2) is 5.78 Å². The van der Waals surface area contributed by atoms with Gasteiger partial charge in [-0.1, -0.05) is 36.4 Å². The number of nitriles is 1. The Balaban J connectivity index is 1.92. The molecule has 1 aliphatic heterocycles. The van der Waals surface area contributed by atoms with E-state index in [0.717, 1.165) is 16.8 Å². The standard InChI is InChI=1S/C26H28N4O3/c1-29(2)30-21-12-17(16-8-6-5-7-9-16)13-22(31)25(21)24(20(15-27)26(30)28)19-11-10-18(32-3)14-23(19)33-4/h5-11,14,17,24H,12-13,28H2,1-4H3/t17-,24-/m0/s1. The summed E-state index contributed by atoms with van der Waals surface area (Å²) in [7, 11) is 6.86. The molecule has 0 saturated carbocycles. The number of hydrogen-bond donors (Lipinski definition) is 1. The molecule has 2 N–H and O–H groups in total. The van der Waals surface area contributed by atoms with E-state index >= 15 is 0 Å². The molecule has 2 aromatic carbocycles. The third kappa shape index (κ3) is 3.83. The zero-order valence-electron chi connectivity index (χ0n) is 19.3. The van der Waals surface area contributed by atoms with Crippen LogP contribution in [0.1, 0.15) is 35.8 Å². The number of nitrogens with two attached hydrogens (primary N) is 1. The van der Waals surface area contributed by atoms with E-state index in [0.29, 0.717) is 41.3 Å². The zero-order valence-corrected chi connectivity index (χ0v) is 19.3. The fourth-order valence-corrected chi connectivity index (χ4v) is 4.90. The van der Waals surface area contributed by atoms with Crippen LogP contribution in [0, 0.1) is 11.3 Å². The van der Waals surface area contributed by atoms with Gasteiger partial charge in [0.1, 0.15) is 17.3 Å². The van der Waals surface area contributed by atoms with Crippen molar-refractivity contribution in [3.05, 3.63) is 82.3 Å². The molecule has 0 aromatic heterocycles. The van der Waals surface area contributed by atoms with Crippen LogP contribution in [-0.2, 0) is 4.79 Å². The van der Waals surface area contributed by atoms with Gasteiger partial charge >= 0.3 is 0 Å². The Kier molecular flexibility index (Phi) is 6.12. The van der Waals surface area contributed by atoms with Gasteiger partial charge in [0, 0.05) is 43.4 Å². The van der Waals surface area contributed by atoms with Crippen LogP contribution in [0.2, 0.25) is 0 Å². The summed E-state index contributed by atoms with van der Waals surface area (Å²) in [5, 5.41) is 13.8. The molecule has 1 aliphatic carbocycles. The maximum absolute atomic E-state index is 13.7. The predicted octanol–water partition coefficient (Wildman–Crippen LogP) is 3.67. The topological polar surface area (TPSA) is 91.8 Å². The third-order valence-corrected chi connectivity index (χ3v) is 6.36. The van der Waals surface area contributed by atoms with Gasteiger partial charge in [-0.3, -0.25) is 9.80 Å². The summed E-state index contributed by atoms with van der Waals surface area (Å²) in [6, 6.07) is 17.7.